The van der Waals surface area contributed by atoms with Crippen molar-refractivity contribution in [3.05, 3.63) is 126 Å². The Morgan fingerprint density at radius 3 is 2.43 bits per heavy atom. The van der Waals surface area contributed by atoms with Crippen LogP contribution >= 0.6 is 12.4 Å². The minimum absolute atomic E-state index is 0. The van der Waals surface area contributed by atoms with Crippen molar-refractivity contribution in [3.63, 3.8) is 0 Å². The van der Waals surface area contributed by atoms with Crippen molar-refractivity contribution < 1.29 is 9.90 Å². The van der Waals surface area contributed by atoms with Gasteiger partial charge in [-0.05, 0) is 35.9 Å². The third kappa shape index (κ3) is 5.23. The second-order valence-electron chi connectivity index (χ2n) is 7.82. The standard InChI is InChI=1S/C28H22N4O2.ClH/c33-26(20-9-2-1-3-10-20)25(28-31-23-13-4-5-14-24(23)32-28)27(34)21-11-6-12-22(16-21)30-18-19-8-7-15-29-17-19;/h1-17,30,34H,18H2,(H,31,32);1H/b27-25+;. The van der Waals surface area contributed by atoms with Gasteiger partial charge in [0.1, 0.15) is 17.2 Å². The van der Waals surface area contributed by atoms with E-state index < -0.39 is 0 Å². The van der Waals surface area contributed by atoms with E-state index >= 15 is 0 Å². The smallest absolute Gasteiger partial charge is 0.200 e. The number of hydrogen-bond donors (Lipinski definition) is 3. The molecule has 5 aromatic rings. The number of nitrogens with one attached hydrogen (secondary N) is 2. The maximum atomic E-state index is 13.5. The molecule has 174 valence electrons. The largest absolute Gasteiger partial charge is 0.506 e. The van der Waals surface area contributed by atoms with Crippen LogP contribution in [0.25, 0.3) is 22.4 Å². The molecule has 0 fully saturated rings. The van der Waals surface area contributed by atoms with Gasteiger partial charge in [-0.15, -0.1) is 12.4 Å². The fraction of sp³-hybridized carbons (Fsp3) is 0.0357. The van der Waals surface area contributed by atoms with Crippen LogP contribution in [0.2, 0.25) is 0 Å². The Morgan fingerprint density at radius 1 is 0.886 bits per heavy atom. The highest BCUT2D eigenvalue weighted by molar-refractivity contribution is 6.33. The molecule has 0 saturated heterocycles. The summed E-state index contributed by atoms with van der Waals surface area (Å²) in [6, 6.07) is 27.6. The summed E-state index contributed by atoms with van der Waals surface area (Å²) in [5.41, 5.74) is 4.45. The number of pyridine rings is 1. The average Bonchev–Trinajstić information content (AvgIpc) is 3.32. The molecule has 0 saturated carbocycles. The summed E-state index contributed by atoms with van der Waals surface area (Å²) in [5, 5.41) is 14.7. The van der Waals surface area contributed by atoms with E-state index in [-0.39, 0.29) is 29.5 Å². The number of para-hydroxylation sites is 2. The number of aliphatic hydroxyl groups excluding tert-OH is 1. The van der Waals surface area contributed by atoms with Gasteiger partial charge in [0.25, 0.3) is 0 Å². The van der Waals surface area contributed by atoms with E-state index in [1.165, 1.54) is 0 Å². The van der Waals surface area contributed by atoms with Gasteiger partial charge in [0, 0.05) is 35.8 Å². The molecule has 3 aromatic carbocycles. The van der Waals surface area contributed by atoms with E-state index in [1.807, 2.05) is 60.7 Å². The van der Waals surface area contributed by atoms with Crippen molar-refractivity contribution in [1.82, 2.24) is 15.0 Å². The van der Waals surface area contributed by atoms with Crippen LogP contribution in [0, 0.1) is 0 Å². The van der Waals surface area contributed by atoms with Gasteiger partial charge in [-0.25, -0.2) is 4.98 Å². The monoisotopic (exact) mass is 482 g/mol. The Hall–Kier alpha value is -4.42. The normalized spacial score (nSPS) is 11.4. The van der Waals surface area contributed by atoms with E-state index in [4.69, 9.17) is 0 Å². The third-order valence-corrected chi connectivity index (χ3v) is 5.48. The quantitative estimate of drug-likeness (QED) is 0.144. The number of carbonyl (C=O) groups is 1. The maximum Gasteiger partial charge on any atom is 0.200 e. The number of Topliss-reactive ketones (excluding diaryl/α,β-unsaturated/α-hetero) is 1. The lowest BCUT2D eigenvalue weighted by Crippen LogP contribution is -2.08. The van der Waals surface area contributed by atoms with Gasteiger partial charge in [0.15, 0.2) is 0 Å². The van der Waals surface area contributed by atoms with E-state index in [0.717, 1.165) is 22.3 Å². The van der Waals surface area contributed by atoms with Crippen LogP contribution in [-0.4, -0.2) is 25.8 Å². The number of aromatic amines is 1. The summed E-state index contributed by atoms with van der Waals surface area (Å²) in [6.07, 6.45) is 3.53. The Balaban J connectivity index is 0.00000289. The summed E-state index contributed by atoms with van der Waals surface area (Å²) >= 11 is 0. The van der Waals surface area contributed by atoms with Gasteiger partial charge in [-0.1, -0.05) is 60.7 Å². The topological polar surface area (TPSA) is 90.9 Å². The summed E-state index contributed by atoms with van der Waals surface area (Å²) in [7, 11) is 0. The number of anilines is 1. The molecular formula is C28H23ClN4O2. The fourth-order valence-electron chi connectivity index (χ4n) is 3.76. The van der Waals surface area contributed by atoms with Crippen molar-refractivity contribution in [2.24, 2.45) is 0 Å². The molecule has 2 aromatic heterocycles. The number of carbonyl (C=O) groups excluding carboxylic acids is 1. The molecule has 0 aliphatic carbocycles. The second kappa shape index (κ2) is 10.7. The minimum Gasteiger partial charge on any atom is -0.506 e. The van der Waals surface area contributed by atoms with Gasteiger partial charge in [-0.2, -0.15) is 0 Å². The molecule has 0 spiro atoms. The molecule has 7 heteroatoms. The third-order valence-electron chi connectivity index (χ3n) is 5.48. The highest BCUT2D eigenvalue weighted by Crippen LogP contribution is 2.29. The lowest BCUT2D eigenvalue weighted by atomic mass is 9.98. The van der Waals surface area contributed by atoms with Crippen LogP contribution in [0.15, 0.2) is 103 Å². The highest BCUT2D eigenvalue weighted by Gasteiger charge is 2.23. The number of halogens is 1. The number of hydrogen-bond acceptors (Lipinski definition) is 5. The van der Waals surface area contributed by atoms with Crippen molar-refractivity contribution in [3.8, 4) is 0 Å². The van der Waals surface area contributed by atoms with Gasteiger partial charge < -0.3 is 15.4 Å². The van der Waals surface area contributed by atoms with Gasteiger partial charge in [0.2, 0.25) is 5.78 Å². The Kier molecular flexibility index (Phi) is 7.24. The average molecular weight is 483 g/mol. The highest BCUT2D eigenvalue weighted by atomic mass is 35.5. The van der Waals surface area contributed by atoms with Crippen LogP contribution in [0.4, 0.5) is 5.69 Å². The fourth-order valence-corrected chi connectivity index (χ4v) is 3.76. The summed E-state index contributed by atoms with van der Waals surface area (Å²) < 4.78 is 0. The SMILES string of the molecule is Cl.O=C(/C(=C(\O)c1cccc(NCc2cccnc2)c1)c1nc2ccccc2[nH]1)c1ccccc1. The molecule has 0 atom stereocenters. The Labute approximate surface area is 208 Å². The van der Waals surface area contributed by atoms with Crippen LogP contribution in [0.1, 0.15) is 27.3 Å². The van der Waals surface area contributed by atoms with Crippen LogP contribution in [0.5, 0.6) is 0 Å². The van der Waals surface area contributed by atoms with Crippen LogP contribution < -0.4 is 5.32 Å². The number of ketones is 1. The first-order valence-corrected chi connectivity index (χ1v) is 10.9. The van der Waals surface area contributed by atoms with E-state index in [9.17, 15) is 9.90 Å². The minimum atomic E-state index is -0.314. The maximum absolute atomic E-state index is 13.5. The molecule has 3 N–H and O–H groups in total. The first-order valence-electron chi connectivity index (χ1n) is 10.9. The molecule has 0 bridgehead atoms. The van der Waals surface area contributed by atoms with Crippen molar-refractivity contribution in [2.75, 3.05) is 5.32 Å². The Bertz CT molecular complexity index is 1450. The predicted octanol–water partition coefficient (Wildman–Crippen LogP) is 6.30. The molecule has 0 radical (unpaired) electrons. The van der Waals surface area contributed by atoms with Crippen LogP contribution in [0.3, 0.4) is 0 Å². The number of H-pyrrole nitrogens is 1. The number of imidazole rings is 1. The number of fused-ring (bicyclic) bond motifs is 1. The number of rotatable bonds is 7. The Morgan fingerprint density at radius 2 is 1.66 bits per heavy atom. The molecule has 5 rings (SSSR count). The lowest BCUT2D eigenvalue weighted by molar-refractivity contribution is 0.105. The molecule has 0 aliphatic rings. The molecule has 0 unspecified atom stereocenters. The van der Waals surface area contributed by atoms with Gasteiger partial charge in [0.05, 0.1) is 11.0 Å². The van der Waals surface area contributed by atoms with Crippen molar-refractivity contribution in [1.29, 1.82) is 0 Å². The van der Waals surface area contributed by atoms with E-state index in [1.54, 1.807) is 42.7 Å². The predicted molar refractivity (Wildman–Crippen MR) is 142 cm³/mol. The first-order chi connectivity index (χ1) is 16.7. The number of benzene rings is 3. The van der Waals surface area contributed by atoms with Crippen LogP contribution in [-0.2, 0) is 6.54 Å². The number of allylic oxidation sites excluding steroid dienone is 1. The zero-order chi connectivity index (χ0) is 23.3. The van der Waals surface area contributed by atoms with E-state index in [2.05, 4.69) is 20.3 Å². The zero-order valence-corrected chi connectivity index (χ0v) is 19.5. The summed E-state index contributed by atoms with van der Waals surface area (Å²) in [4.78, 5) is 25.4. The molecular weight excluding hydrogens is 460 g/mol. The number of aliphatic hydroxyl groups is 1. The molecule has 2 heterocycles. The number of aromatic nitrogens is 3. The molecule has 0 amide bonds. The summed E-state index contributed by atoms with van der Waals surface area (Å²) in [6.45, 7) is 0.584. The van der Waals surface area contributed by atoms with Crippen molar-refractivity contribution >= 4 is 46.2 Å². The second-order valence-corrected chi connectivity index (χ2v) is 7.82. The zero-order valence-electron chi connectivity index (χ0n) is 18.7. The van der Waals surface area contributed by atoms with Gasteiger partial charge in [-0.3, -0.25) is 9.78 Å². The molecule has 35 heavy (non-hydrogen) atoms. The first kappa shape index (κ1) is 23.7. The summed E-state index contributed by atoms with van der Waals surface area (Å²) in [5.74, 6) is -0.134. The van der Waals surface area contributed by atoms with Gasteiger partial charge >= 0.3 is 0 Å². The lowest BCUT2D eigenvalue weighted by Gasteiger charge is -2.11. The number of nitrogens with zero attached hydrogens (tertiary/aromatic N) is 2. The van der Waals surface area contributed by atoms with Crippen molar-refractivity contribution in [2.45, 2.75) is 6.54 Å². The molecule has 0 aliphatic heterocycles. The molecule has 6 nitrogen and oxygen atoms in total. The van der Waals surface area contributed by atoms with E-state index in [0.29, 0.717) is 23.5 Å².